The second-order valence-corrected chi connectivity index (χ2v) is 11.3. The van der Waals surface area contributed by atoms with Gasteiger partial charge in [0.2, 0.25) is 0 Å². The Labute approximate surface area is 244 Å². The lowest BCUT2D eigenvalue weighted by Gasteiger charge is -2.28. The van der Waals surface area contributed by atoms with Crippen LogP contribution in [0.25, 0.3) is 42.1 Å². The van der Waals surface area contributed by atoms with Gasteiger partial charge < -0.3 is 4.90 Å². The van der Waals surface area contributed by atoms with Crippen LogP contribution in [0.3, 0.4) is 0 Å². The van der Waals surface area contributed by atoms with E-state index in [-0.39, 0.29) is 0 Å². The van der Waals surface area contributed by atoms with Crippen LogP contribution in [0.5, 0.6) is 0 Å². The molecule has 1 heterocycles. The van der Waals surface area contributed by atoms with Crippen molar-refractivity contribution in [3.8, 4) is 0 Å². The van der Waals surface area contributed by atoms with Gasteiger partial charge in [-0.25, -0.2) is 0 Å². The lowest BCUT2D eigenvalue weighted by Crippen LogP contribution is -2.10. The summed E-state index contributed by atoms with van der Waals surface area (Å²) < 4.78 is 2.62. The van der Waals surface area contributed by atoms with Gasteiger partial charge in [0.1, 0.15) is 0 Å². The molecule has 1 aromatic heterocycles. The third-order valence-electron chi connectivity index (χ3n) is 7.78. The van der Waals surface area contributed by atoms with Crippen molar-refractivity contribution in [2.45, 2.75) is 6.92 Å². The van der Waals surface area contributed by atoms with Gasteiger partial charge in [-0.1, -0.05) is 110 Å². The highest BCUT2D eigenvalue weighted by Crippen LogP contribution is 2.43. The van der Waals surface area contributed by atoms with Crippen LogP contribution in [-0.4, -0.2) is 0 Å². The molecule has 0 fully saturated rings. The Morgan fingerprint density at radius 3 is 2.10 bits per heavy atom. The van der Waals surface area contributed by atoms with E-state index < -0.39 is 0 Å². The van der Waals surface area contributed by atoms with Gasteiger partial charge in [-0.3, -0.25) is 0 Å². The van der Waals surface area contributed by atoms with Crippen LogP contribution in [0.1, 0.15) is 18.1 Å². The van der Waals surface area contributed by atoms with Gasteiger partial charge in [-0.15, -0.1) is 11.3 Å². The maximum atomic E-state index is 4.48. The van der Waals surface area contributed by atoms with E-state index in [4.69, 9.17) is 0 Å². The van der Waals surface area contributed by atoms with Crippen molar-refractivity contribution >= 4 is 70.5 Å². The average molecular weight is 544 g/mol. The largest absolute Gasteiger partial charge is 0.310 e. The molecule has 41 heavy (non-hydrogen) atoms. The van der Waals surface area contributed by atoms with E-state index in [0.717, 1.165) is 39.3 Å². The van der Waals surface area contributed by atoms with Crippen molar-refractivity contribution in [1.29, 1.82) is 0 Å². The monoisotopic (exact) mass is 543 g/mol. The topological polar surface area (TPSA) is 3.24 Å². The third-order valence-corrected chi connectivity index (χ3v) is 8.93. The minimum atomic E-state index is 1.02. The fraction of sp³-hybridized carbons (Fsp3) is 0.0256. The molecule has 0 aliphatic heterocycles. The number of thiophene rings is 1. The van der Waals surface area contributed by atoms with Crippen LogP contribution >= 0.6 is 11.3 Å². The highest BCUT2D eigenvalue weighted by Gasteiger charge is 2.18. The lowest BCUT2D eigenvalue weighted by molar-refractivity contribution is 1.30. The predicted molar refractivity (Wildman–Crippen MR) is 181 cm³/mol. The number of allylic oxidation sites excluding steroid dienone is 3. The average Bonchev–Trinajstić information content (AvgIpc) is 3.40. The van der Waals surface area contributed by atoms with Crippen LogP contribution in [-0.2, 0) is 0 Å². The summed E-state index contributed by atoms with van der Waals surface area (Å²) in [5.74, 6) is 0. The normalized spacial score (nSPS) is 11.8. The zero-order valence-corrected chi connectivity index (χ0v) is 23.7. The maximum absolute atomic E-state index is 4.48. The molecule has 0 atom stereocenters. The highest BCUT2D eigenvalue weighted by atomic mass is 32.1. The van der Waals surface area contributed by atoms with Crippen LogP contribution in [0.2, 0.25) is 0 Å². The van der Waals surface area contributed by atoms with E-state index in [1.807, 2.05) is 17.4 Å². The minimum absolute atomic E-state index is 1.02. The molecular formula is C39H29NS. The number of hydrogen-bond donors (Lipinski definition) is 0. The summed E-state index contributed by atoms with van der Waals surface area (Å²) in [6.07, 6.45) is 2.17. The first kappa shape index (κ1) is 25.1. The SMILES string of the molecule is C=C(/C(=C\C)c1cccc(N(c2ccc3sc4ccccc4c3c2)c2cccc3ccccc23)c1)c1ccccc1. The first-order valence-corrected chi connectivity index (χ1v) is 14.7. The molecule has 7 rings (SSSR count). The molecule has 0 aliphatic carbocycles. The quantitative estimate of drug-likeness (QED) is 0.189. The molecule has 1 nitrogen and oxygen atoms in total. The Kier molecular flexibility index (Phi) is 6.47. The summed E-state index contributed by atoms with van der Waals surface area (Å²) in [6.45, 7) is 6.57. The zero-order valence-electron chi connectivity index (χ0n) is 22.9. The predicted octanol–water partition coefficient (Wildman–Crippen LogP) is 11.8. The number of fused-ring (bicyclic) bond motifs is 4. The summed E-state index contributed by atoms with van der Waals surface area (Å²) in [5.41, 5.74) is 7.83. The first-order chi connectivity index (χ1) is 20.2. The van der Waals surface area contributed by atoms with Gasteiger partial charge in [0.15, 0.2) is 0 Å². The minimum Gasteiger partial charge on any atom is -0.310 e. The Balaban J connectivity index is 1.43. The van der Waals surface area contributed by atoms with Crippen molar-refractivity contribution < 1.29 is 0 Å². The summed E-state index contributed by atoms with van der Waals surface area (Å²) in [7, 11) is 0. The van der Waals surface area contributed by atoms with E-state index in [2.05, 4.69) is 158 Å². The summed E-state index contributed by atoms with van der Waals surface area (Å²) in [6, 6.07) is 50.0. The summed E-state index contributed by atoms with van der Waals surface area (Å²) in [5, 5.41) is 5.03. The summed E-state index contributed by atoms with van der Waals surface area (Å²) >= 11 is 1.85. The Hall–Kier alpha value is -4.92. The van der Waals surface area contributed by atoms with Crippen LogP contribution < -0.4 is 4.90 Å². The first-order valence-electron chi connectivity index (χ1n) is 13.9. The van der Waals surface area contributed by atoms with Crippen LogP contribution in [0.15, 0.2) is 152 Å². The highest BCUT2D eigenvalue weighted by molar-refractivity contribution is 7.25. The van der Waals surface area contributed by atoms with Crippen molar-refractivity contribution in [3.05, 3.63) is 163 Å². The standard InChI is InChI=1S/C39H29NS/c1-3-33(27(2)28-13-5-4-6-14-28)30-17-11-18-31(25-30)40(37-21-12-16-29-15-7-8-19-34(29)37)32-23-24-39-36(26-32)35-20-9-10-22-38(35)41-39/h3-26H,2H2,1H3/b33-3+. The molecule has 0 N–H and O–H groups in total. The fourth-order valence-corrected chi connectivity index (χ4v) is 6.89. The molecule has 196 valence electrons. The van der Waals surface area contributed by atoms with Gasteiger partial charge in [-0.2, -0.15) is 0 Å². The van der Waals surface area contributed by atoms with E-state index in [9.17, 15) is 0 Å². The molecule has 0 aliphatic rings. The summed E-state index contributed by atoms with van der Waals surface area (Å²) in [4.78, 5) is 2.40. The molecule has 0 saturated carbocycles. The van der Waals surface area contributed by atoms with Gasteiger partial charge in [0, 0.05) is 36.9 Å². The molecule has 0 bridgehead atoms. The van der Waals surface area contributed by atoms with Crippen molar-refractivity contribution in [1.82, 2.24) is 0 Å². The number of anilines is 3. The maximum Gasteiger partial charge on any atom is 0.0540 e. The Bertz CT molecular complexity index is 2080. The third kappa shape index (κ3) is 4.53. The van der Waals surface area contributed by atoms with Crippen molar-refractivity contribution in [3.63, 3.8) is 0 Å². The second kappa shape index (κ2) is 10.6. The zero-order chi connectivity index (χ0) is 27.8. The molecule has 2 heteroatoms. The number of nitrogens with zero attached hydrogens (tertiary/aromatic N) is 1. The Morgan fingerprint density at radius 1 is 0.585 bits per heavy atom. The number of hydrogen-bond acceptors (Lipinski definition) is 2. The number of benzene rings is 6. The molecule has 7 aromatic rings. The van der Waals surface area contributed by atoms with Crippen LogP contribution in [0.4, 0.5) is 17.1 Å². The van der Waals surface area contributed by atoms with Crippen LogP contribution in [0, 0.1) is 0 Å². The van der Waals surface area contributed by atoms with Gasteiger partial charge in [-0.05, 0) is 77.0 Å². The van der Waals surface area contributed by atoms with Crippen molar-refractivity contribution in [2.75, 3.05) is 4.90 Å². The number of rotatable bonds is 6. The van der Waals surface area contributed by atoms with Gasteiger partial charge in [0.05, 0.1) is 5.69 Å². The molecule has 0 spiro atoms. The fourth-order valence-electron chi connectivity index (χ4n) is 5.81. The van der Waals surface area contributed by atoms with Crippen molar-refractivity contribution in [2.24, 2.45) is 0 Å². The van der Waals surface area contributed by atoms with E-state index in [1.165, 1.54) is 30.9 Å². The van der Waals surface area contributed by atoms with E-state index >= 15 is 0 Å². The smallest absolute Gasteiger partial charge is 0.0540 e. The van der Waals surface area contributed by atoms with E-state index in [1.54, 1.807) is 0 Å². The van der Waals surface area contributed by atoms with Gasteiger partial charge in [0.25, 0.3) is 0 Å². The second-order valence-electron chi connectivity index (χ2n) is 10.2. The molecule has 0 radical (unpaired) electrons. The molecule has 0 amide bonds. The van der Waals surface area contributed by atoms with E-state index in [0.29, 0.717) is 0 Å². The Morgan fingerprint density at radius 2 is 1.24 bits per heavy atom. The molecular weight excluding hydrogens is 515 g/mol. The van der Waals surface area contributed by atoms with Gasteiger partial charge >= 0.3 is 0 Å². The molecule has 6 aromatic carbocycles. The molecule has 0 unspecified atom stereocenters. The molecule has 0 saturated heterocycles. The lowest BCUT2D eigenvalue weighted by atomic mass is 9.93.